The van der Waals surface area contributed by atoms with Gasteiger partial charge in [-0.1, -0.05) is 0 Å². The van der Waals surface area contributed by atoms with Crippen molar-refractivity contribution in [3.63, 3.8) is 0 Å². The Morgan fingerprint density at radius 2 is 1.89 bits per heavy atom. The van der Waals surface area contributed by atoms with Crippen LogP contribution in [0.25, 0.3) is 0 Å². The topological polar surface area (TPSA) is 154 Å². The van der Waals surface area contributed by atoms with E-state index in [9.17, 15) is 25.3 Å². The minimum atomic E-state index is -0.770. The standard InChI is InChI=1S/C17H17N5O5/c1-9-6-13(14(22(26)27)7-10(9)2)19-20-15-11(3)12(8-18)16(24)21(4-5-23)17(15)25/h6-7,23-24H,4-5H2,1-3H3. The van der Waals surface area contributed by atoms with Crippen LogP contribution in [0.1, 0.15) is 22.3 Å². The Balaban J connectivity index is 2.70. The van der Waals surface area contributed by atoms with Crippen LogP contribution in [0.4, 0.5) is 17.1 Å². The molecule has 0 saturated heterocycles. The Morgan fingerprint density at radius 3 is 2.44 bits per heavy atom. The molecule has 27 heavy (non-hydrogen) atoms. The Bertz CT molecular complexity index is 1050. The number of aliphatic hydroxyl groups excluding tert-OH is 1. The van der Waals surface area contributed by atoms with E-state index in [1.165, 1.54) is 19.1 Å². The first-order valence-electron chi connectivity index (χ1n) is 7.87. The van der Waals surface area contributed by atoms with E-state index in [2.05, 4.69) is 10.2 Å². The summed E-state index contributed by atoms with van der Waals surface area (Å²) < 4.78 is 0.800. The van der Waals surface area contributed by atoms with Crippen molar-refractivity contribution in [2.75, 3.05) is 6.61 Å². The van der Waals surface area contributed by atoms with E-state index in [-0.39, 0.29) is 34.7 Å². The van der Waals surface area contributed by atoms with Crippen molar-refractivity contribution in [3.8, 4) is 11.9 Å². The van der Waals surface area contributed by atoms with Crippen LogP contribution in [0.3, 0.4) is 0 Å². The molecule has 10 nitrogen and oxygen atoms in total. The van der Waals surface area contributed by atoms with Crippen molar-refractivity contribution < 1.29 is 15.1 Å². The summed E-state index contributed by atoms with van der Waals surface area (Å²) in [6, 6.07) is 4.61. The number of aliphatic hydroxyl groups is 1. The molecule has 0 radical (unpaired) electrons. The van der Waals surface area contributed by atoms with Gasteiger partial charge < -0.3 is 10.2 Å². The van der Waals surface area contributed by atoms with Crippen LogP contribution in [-0.2, 0) is 6.54 Å². The lowest BCUT2D eigenvalue weighted by Gasteiger charge is -2.11. The average Bonchev–Trinajstić information content (AvgIpc) is 2.61. The van der Waals surface area contributed by atoms with E-state index < -0.39 is 23.0 Å². The molecule has 0 aliphatic rings. The van der Waals surface area contributed by atoms with Crippen LogP contribution < -0.4 is 5.56 Å². The van der Waals surface area contributed by atoms with Gasteiger partial charge >= 0.3 is 0 Å². The number of nitriles is 1. The van der Waals surface area contributed by atoms with Crippen LogP contribution in [0.15, 0.2) is 27.2 Å². The number of benzene rings is 1. The Morgan fingerprint density at radius 1 is 1.26 bits per heavy atom. The molecule has 0 fully saturated rings. The number of hydrogen-bond donors (Lipinski definition) is 2. The zero-order valence-electron chi connectivity index (χ0n) is 14.9. The lowest BCUT2D eigenvalue weighted by atomic mass is 10.1. The molecule has 140 valence electrons. The number of aromatic nitrogens is 1. The van der Waals surface area contributed by atoms with E-state index in [0.717, 1.165) is 10.1 Å². The third-order valence-electron chi connectivity index (χ3n) is 4.14. The molecule has 0 amide bonds. The number of aromatic hydroxyl groups is 1. The zero-order valence-corrected chi connectivity index (χ0v) is 14.9. The Kier molecular flexibility index (Phi) is 5.67. The van der Waals surface area contributed by atoms with Gasteiger partial charge in [0.1, 0.15) is 11.6 Å². The number of nitrogens with zero attached hydrogens (tertiary/aromatic N) is 5. The summed E-state index contributed by atoms with van der Waals surface area (Å²) in [6.45, 7) is 4.20. The van der Waals surface area contributed by atoms with Gasteiger partial charge in [-0.3, -0.25) is 19.5 Å². The molecule has 1 aromatic carbocycles. The molecule has 1 aromatic heterocycles. The summed E-state index contributed by atoms with van der Waals surface area (Å²) in [5, 5.41) is 47.3. The minimum Gasteiger partial charge on any atom is -0.493 e. The lowest BCUT2D eigenvalue weighted by molar-refractivity contribution is -0.384. The second kappa shape index (κ2) is 7.76. The monoisotopic (exact) mass is 371 g/mol. The van der Waals surface area contributed by atoms with E-state index >= 15 is 0 Å². The molecule has 0 aliphatic carbocycles. The largest absolute Gasteiger partial charge is 0.493 e. The van der Waals surface area contributed by atoms with Crippen molar-refractivity contribution in [1.29, 1.82) is 5.26 Å². The molecule has 2 aromatic rings. The predicted octanol–water partition coefficient (Wildman–Crippen LogP) is 2.67. The van der Waals surface area contributed by atoms with Gasteiger partial charge in [-0.2, -0.15) is 5.26 Å². The highest BCUT2D eigenvalue weighted by molar-refractivity contribution is 5.61. The van der Waals surface area contributed by atoms with Crippen molar-refractivity contribution in [3.05, 3.63) is 54.9 Å². The van der Waals surface area contributed by atoms with Crippen molar-refractivity contribution in [2.24, 2.45) is 10.2 Å². The SMILES string of the molecule is Cc1cc(N=Nc2c(C)c(C#N)c(O)n(CCO)c2=O)c([N+](=O)[O-])cc1C. The Hall–Kier alpha value is -3.58. The highest BCUT2D eigenvalue weighted by Crippen LogP contribution is 2.33. The van der Waals surface area contributed by atoms with Gasteiger partial charge in [0.05, 0.1) is 18.1 Å². The summed E-state index contributed by atoms with van der Waals surface area (Å²) in [5.74, 6) is -0.579. The number of azo groups is 1. The maximum atomic E-state index is 12.5. The number of hydrogen-bond acceptors (Lipinski definition) is 8. The number of rotatable bonds is 5. The van der Waals surface area contributed by atoms with Gasteiger partial charge in [-0.25, -0.2) is 0 Å². The second-order valence-electron chi connectivity index (χ2n) is 5.85. The van der Waals surface area contributed by atoms with Gasteiger partial charge in [0, 0.05) is 11.6 Å². The molecule has 0 saturated carbocycles. The molecule has 2 rings (SSSR count). The van der Waals surface area contributed by atoms with Gasteiger partial charge in [0.15, 0.2) is 11.4 Å². The fraction of sp³-hybridized carbons (Fsp3) is 0.294. The minimum absolute atomic E-state index is 0.0396. The number of pyridine rings is 1. The second-order valence-corrected chi connectivity index (χ2v) is 5.85. The molecule has 0 bridgehead atoms. The average molecular weight is 371 g/mol. The van der Waals surface area contributed by atoms with Crippen molar-refractivity contribution in [1.82, 2.24) is 4.57 Å². The van der Waals surface area contributed by atoms with Crippen LogP contribution in [-0.4, -0.2) is 26.3 Å². The van der Waals surface area contributed by atoms with Gasteiger partial charge in [0.25, 0.3) is 11.2 Å². The van der Waals surface area contributed by atoms with Gasteiger partial charge in [-0.05, 0) is 38.0 Å². The van der Waals surface area contributed by atoms with Crippen LogP contribution in [0.5, 0.6) is 5.88 Å². The summed E-state index contributed by atoms with van der Waals surface area (Å²) in [7, 11) is 0. The molecule has 0 unspecified atom stereocenters. The Labute approximate surface area is 153 Å². The fourth-order valence-electron chi connectivity index (χ4n) is 2.48. The molecule has 0 aliphatic heterocycles. The first kappa shape index (κ1) is 19.7. The van der Waals surface area contributed by atoms with Crippen LogP contribution in [0.2, 0.25) is 0 Å². The summed E-state index contributed by atoms with van der Waals surface area (Å²) in [5.41, 5.74) is 0.0391. The van der Waals surface area contributed by atoms with E-state index in [0.29, 0.717) is 5.56 Å². The molecule has 0 atom stereocenters. The normalized spacial score (nSPS) is 10.9. The smallest absolute Gasteiger partial charge is 0.297 e. The maximum Gasteiger partial charge on any atom is 0.297 e. The van der Waals surface area contributed by atoms with E-state index in [1.807, 2.05) is 0 Å². The molecular weight excluding hydrogens is 354 g/mol. The third kappa shape index (κ3) is 3.68. The first-order valence-corrected chi connectivity index (χ1v) is 7.87. The number of nitro benzene ring substituents is 1. The fourth-order valence-corrected chi connectivity index (χ4v) is 2.48. The van der Waals surface area contributed by atoms with Gasteiger partial charge in [0.2, 0.25) is 5.88 Å². The summed E-state index contributed by atoms with van der Waals surface area (Å²) in [4.78, 5) is 23.2. The van der Waals surface area contributed by atoms with Crippen LogP contribution >= 0.6 is 0 Å². The van der Waals surface area contributed by atoms with Crippen molar-refractivity contribution >= 4 is 17.1 Å². The maximum absolute atomic E-state index is 12.5. The van der Waals surface area contributed by atoms with Crippen molar-refractivity contribution in [2.45, 2.75) is 27.3 Å². The quantitative estimate of drug-likeness (QED) is 0.468. The van der Waals surface area contributed by atoms with E-state index in [4.69, 9.17) is 5.11 Å². The number of aryl methyl sites for hydroxylation is 2. The van der Waals surface area contributed by atoms with Gasteiger partial charge in [-0.15, -0.1) is 10.2 Å². The summed E-state index contributed by atoms with van der Waals surface area (Å²) in [6.07, 6.45) is 0. The molecular formula is C17H17N5O5. The first-order chi connectivity index (χ1) is 12.7. The summed E-state index contributed by atoms with van der Waals surface area (Å²) >= 11 is 0. The van der Waals surface area contributed by atoms with Crippen LogP contribution in [0, 0.1) is 42.2 Å². The highest BCUT2D eigenvalue weighted by atomic mass is 16.6. The molecule has 2 N–H and O–H groups in total. The molecule has 10 heteroatoms. The molecule has 1 heterocycles. The highest BCUT2D eigenvalue weighted by Gasteiger charge is 2.20. The molecule has 0 spiro atoms. The predicted molar refractivity (Wildman–Crippen MR) is 95.7 cm³/mol. The zero-order chi connectivity index (χ0) is 20.3. The lowest BCUT2D eigenvalue weighted by Crippen LogP contribution is -2.23. The van der Waals surface area contributed by atoms with E-state index in [1.54, 1.807) is 19.9 Å². The number of nitro groups is 1. The third-order valence-corrected chi connectivity index (χ3v) is 4.14.